The summed E-state index contributed by atoms with van der Waals surface area (Å²) in [5.74, 6) is -3.15. The van der Waals surface area contributed by atoms with Gasteiger partial charge in [0.2, 0.25) is 5.91 Å². The van der Waals surface area contributed by atoms with Crippen molar-refractivity contribution >= 4 is 45.1 Å². The summed E-state index contributed by atoms with van der Waals surface area (Å²) in [6.07, 6.45) is 2.65. The van der Waals surface area contributed by atoms with Gasteiger partial charge < -0.3 is 10.4 Å². The van der Waals surface area contributed by atoms with Crippen LogP contribution in [0.2, 0.25) is 5.02 Å². The zero-order valence-electron chi connectivity index (χ0n) is 11.0. The Morgan fingerprint density at radius 1 is 1.29 bits per heavy atom. The molecular formula is C14H14BrClFNO3. The second-order valence-electron chi connectivity index (χ2n) is 5.07. The lowest BCUT2D eigenvalue weighted by Crippen LogP contribution is -2.36. The molecule has 1 aromatic carbocycles. The molecule has 0 radical (unpaired) electrons. The molecule has 0 bridgehead atoms. The van der Waals surface area contributed by atoms with Crippen LogP contribution in [0.1, 0.15) is 25.7 Å². The van der Waals surface area contributed by atoms with E-state index in [1.54, 1.807) is 0 Å². The molecule has 1 saturated carbocycles. The molecule has 0 aliphatic heterocycles. The number of carboxylic acid groups (broad SMARTS) is 1. The van der Waals surface area contributed by atoms with Crippen LogP contribution in [0.3, 0.4) is 0 Å². The minimum atomic E-state index is -0.959. The fourth-order valence-corrected chi connectivity index (χ4v) is 3.52. The third-order valence-corrected chi connectivity index (χ3v) is 4.60. The molecule has 0 heterocycles. The van der Waals surface area contributed by atoms with Gasteiger partial charge in [0.25, 0.3) is 0 Å². The molecule has 114 valence electrons. The highest BCUT2D eigenvalue weighted by atomic mass is 79.9. The van der Waals surface area contributed by atoms with Crippen molar-refractivity contribution in [3.05, 3.63) is 27.4 Å². The lowest BCUT2D eigenvalue weighted by molar-refractivity contribution is -0.147. The predicted octanol–water partition coefficient (Wildman–Crippen LogP) is 4.07. The Morgan fingerprint density at radius 3 is 2.48 bits per heavy atom. The molecule has 1 aliphatic carbocycles. The van der Waals surface area contributed by atoms with E-state index in [2.05, 4.69) is 21.2 Å². The number of halogens is 3. The summed E-state index contributed by atoms with van der Waals surface area (Å²) < 4.78 is 13.5. The maximum atomic E-state index is 13.2. The average Bonchev–Trinajstić information content (AvgIpc) is 2.42. The molecule has 2 atom stereocenters. The number of aliphatic carboxylic acids is 1. The largest absolute Gasteiger partial charge is 0.481 e. The van der Waals surface area contributed by atoms with Gasteiger partial charge >= 0.3 is 5.97 Å². The van der Waals surface area contributed by atoms with Crippen molar-refractivity contribution in [2.24, 2.45) is 11.8 Å². The maximum Gasteiger partial charge on any atom is 0.307 e. The van der Waals surface area contributed by atoms with Gasteiger partial charge in [0.15, 0.2) is 0 Å². The van der Waals surface area contributed by atoms with Gasteiger partial charge in [-0.1, -0.05) is 24.4 Å². The highest BCUT2D eigenvalue weighted by Crippen LogP contribution is 2.35. The summed E-state index contributed by atoms with van der Waals surface area (Å²) in [5, 5.41) is 11.9. The van der Waals surface area contributed by atoms with Crippen molar-refractivity contribution in [3.63, 3.8) is 0 Å². The normalized spacial score (nSPS) is 21.9. The fraction of sp³-hybridized carbons (Fsp3) is 0.429. The van der Waals surface area contributed by atoms with E-state index in [0.29, 0.717) is 17.3 Å². The Morgan fingerprint density at radius 2 is 1.90 bits per heavy atom. The molecule has 1 amide bonds. The van der Waals surface area contributed by atoms with Gasteiger partial charge in [-0.3, -0.25) is 9.59 Å². The topological polar surface area (TPSA) is 66.4 Å². The van der Waals surface area contributed by atoms with E-state index >= 15 is 0 Å². The van der Waals surface area contributed by atoms with Crippen molar-refractivity contribution in [1.29, 1.82) is 0 Å². The Hall–Kier alpha value is -1.14. The van der Waals surface area contributed by atoms with Gasteiger partial charge in [-0.15, -0.1) is 0 Å². The van der Waals surface area contributed by atoms with E-state index in [1.165, 1.54) is 6.07 Å². The molecule has 2 N–H and O–H groups in total. The van der Waals surface area contributed by atoms with E-state index in [0.717, 1.165) is 18.9 Å². The number of anilines is 1. The Labute approximate surface area is 134 Å². The Balaban J connectivity index is 2.19. The molecule has 0 saturated heterocycles. The lowest BCUT2D eigenvalue weighted by atomic mass is 9.78. The van der Waals surface area contributed by atoms with Crippen LogP contribution < -0.4 is 5.32 Å². The highest BCUT2D eigenvalue weighted by Gasteiger charge is 2.36. The second kappa shape index (κ2) is 6.75. The molecule has 21 heavy (non-hydrogen) atoms. The number of rotatable bonds is 3. The van der Waals surface area contributed by atoms with E-state index in [9.17, 15) is 19.1 Å². The summed E-state index contributed by atoms with van der Waals surface area (Å²) in [5.41, 5.74) is 0.262. The van der Waals surface area contributed by atoms with Crippen LogP contribution in [0.5, 0.6) is 0 Å². The lowest BCUT2D eigenvalue weighted by Gasteiger charge is -2.27. The number of nitrogens with one attached hydrogen (secondary N) is 1. The van der Waals surface area contributed by atoms with Crippen molar-refractivity contribution in [2.45, 2.75) is 25.7 Å². The number of hydrogen-bond acceptors (Lipinski definition) is 2. The van der Waals surface area contributed by atoms with Crippen LogP contribution in [-0.4, -0.2) is 17.0 Å². The van der Waals surface area contributed by atoms with Crippen LogP contribution >= 0.6 is 27.5 Å². The van der Waals surface area contributed by atoms with Crippen molar-refractivity contribution in [2.75, 3.05) is 5.32 Å². The van der Waals surface area contributed by atoms with E-state index in [-0.39, 0.29) is 10.7 Å². The molecule has 7 heteroatoms. The van der Waals surface area contributed by atoms with Crippen LogP contribution in [0.4, 0.5) is 10.1 Å². The van der Waals surface area contributed by atoms with Gasteiger partial charge in [-0.2, -0.15) is 0 Å². The van der Waals surface area contributed by atoms with E-state index in [4.69, 9.17) is 11.6 Å². The standard InChI is InChI=1S/C14H14BrClFNO3/c15-10-5-7(17)6-11(16)12(10)18-13(19)8-3-1-2-4-9(8)14(20)21/h5-6,8-9H,1-4H2,(H,18,19)(H,20,21)/t8-,9+/m1/s1. The Bertz CT molecular complexity index is 558. The number of carbonyl (C=O) groups is 2. The number of amides is 1. The third-order valence-electron chi connectivity index (χ3n) is 3.68. The molecule has 2 rings (SSSR count). The molecule has 0 spiro atoms. The number of carbonyl (C=O) groups excluding carboxylic acids is 1. The van der Waals surface area contributed by atoms with E-state index < -0.39 is 29.5 Å². The van der Waals surface area contributed by atoms with Gasteiger partial charge in [0, 0.05) is 4.47 Å². The smallest absolute Gasteiger partial charge is 0.307 e. The molecule has 1 aliphatic rings. The van der Waals surface area contributed by atoms with E-state index in [1.807, 2.05) is 0 Å². The van der Waals surface area contributed by atoms with Gasteiger partial charge in [-0.05, 0) is 40.9 Å². The monoisotopic (exact) mass is 377 g/mol. The molecule has 1 aromatic rings. The Kier molecular flexibility index (Phi) is 5.22. The predicted molar refractivity (Wildman–Crippen MR) is 80.8 cm³/mol. The van der Waals surface area contributed by atoms with Crippen LogP contribution in [0.25, 0.3) is 0 Å². The number of hydrogen-bond donors (Lipinski definition) is 2. The second-order valence-corrected chi connectivity index (χ2v) is 6.33. The van der Waals surface area contributed by atoms with Crippen molar-refractivity contribution in [3.8, 4) is 0 Å². The SMILES string of the molecule is O=C(O)[C@H]1CCCC[C@H]1C(=O)Nc1c(Cl)cc(F)cc1Br. The van der Waals surface area contributed by atoms with Crippen molar-refractivity contribution < 1.29 is 19.1 Å². The summed E-state index contributed by atoms with van der Waals surface area (Å²) in [7, 11) is 0. The first-order valence-electron chi connectivity index (χ1n) is 6.58. The van der Waals surface area contributed by atoms with Gasteiger partial charge in [-0.25, -0.2) is 4.39 Å². The molecule has 0 aromatic heterocycles. The maximum absolute atomic E-state index is 13.2. The first-order chi connectivity index (χ1) is 9.90. The highest BCUT2D eigenvalue weighted by molar-refractivity contribution is 9.10. The average molecular weight is 379 g/mol. The fourth-order valence-electron chi connectivity index (χ4n) is 2.62. The quantitative estimate of drug-likeness (QED) is 0.833. The first-order valence-corrected chi connectivity index (χ1v) is 7.75. The first kappa shape index (κ1) is 16.2. The summed E-state index contributed by atoms with van der Waals surface area (Å²) in [4.78, 5) is 23.6. The van der Waals surface area contributed by atoms with Crippen LogP contribution in [0, 0.1) is 17.7 Å². The van der Waals surface area contributed by atoms with Crippen molar-refractivity contribution in [1.82, 2.24) is 0 Å². The molecule has 4 nitrogen and oxygen atoms in total. The minimum Gasteiger partial charge on any atom is -0.481 e. The molecule has 1 fully saturated rings. The number of benzene rings is 1. The minimum absolute atomic E-state index is 0.0675. The zero-order chi connectivity index (χ0) is 15.6. The zero-order valence-corrected chi connectivity index (χ0v) is 13.4. The molecule has 0 unspecified atom stereocenters. The third kappa shape index (κ3) is 3.74. The van der Waals surface area contributed by atoms with Crippen LogP contribution in [-0.2, 0) is 9.59 Å². The van der Waals surface area contributed by atoms with Gasteiger partial charge in [0.05, 0.1) is 22.5 Å². The molecular weight excluding hydrogens is 365 g/mol. The van der Waals surface area contributed by atoms with Crippen LogP contribution in [0.15, 0.2) is 16.6 Å². The number of carboxylic acids is 1. The summed E-state index contributed by atoms with van der Waals surface area (Å²) in [6, 6.07) is 2.29. The summed E-state index contributed by atoms with van der Waals surface area (Å²) >= 11 is 9.05. The van der Waals surface area contributed by atoms with Gasteiger partial charge in [0.1, 0.15) is 5.82 Å². The summed E-state index contributed by atoms with van der Waals surface area (Å²) in [6.45, 7) is 0.